The topological polar surface area (TPSA) is 12.9 Å². The zero-order valence-electron chi connectivity index (χ0n) is 6.05. The highest BCUT2D eigenvalue weighted by atomic mass is 19.1. The number of aromatic nitrogens is 1. The van der Waals surface area contributed by atoms with Crippen molar-refractivity contribution in [2.24, 2.45) is 0 Å². The van der Waals surface area contributed by atoms with Gasteiger partial charge in [-0.2, -0.15) is 0 Å². The third-order valence-corrected chi connectivity index (χ3v) is 1.32. The molecular weight excluding hydrogens is 141 g/mol. The van der Waals surface area contributed by atoms with Crippen LogP contribution in [0.2, 0.25) is 0 Å². The van der Waals surface area contributed by atoms with Crippen molar-refractivity contribution in [2.45, 2.75) is 0 Å². The lowest BCUT2D eigenvalue weighted by atomic mass is 10.2. The van der Waals surface area contributed by atoms with E-state index in [4.69, 9.17) is 0 Å². The lowest BCUT2D eigenvalue weighted by molar-refractivity contribution is 0.755. The second-order valence-electron chi connectivity index (χ2n) is 2.05. The Bertz CT molecular complexity index is 291. The standard InChI is InChI=1S/C9H8FN/c1-3-8-5-4-6-11-9(8)7(2)10/h3-6H,1-2H2. The van der Waals surface area contributed by atoms with Crippen LogP contribution in [-0.4, -0.2) is 4.98 Å². The maximum absolute atomic E-state index is 12.6. The Morgan fingerprint density at radius 1 is 1.64 bits per heavy atom. The zero-order chi connectivity index (χ0) is 8.27. The van der Waals surface area contributed by atoms with Gasteiger partial charge in [-0.15, -0.1) is 0 Å². The first kappa shape index (κ1) is 7.66. The van der Waals surface area contributed by atoms with Crippen molar-refractivity contribution in [3.8, 4) is 0 Å². The largest absolute Gasteiger partial charge is 0.253 e. The third kappa shape index (κ3) is 1.52. The molecule has 1 aromatic rings. The fourth-order valence-electron chi connectivity index (χ4n) is 0.809. The van der Waals surface area contributed by atoms with Gasteiger partial charge in [-0.25, -0.2) is 4.39 Å². The fraction of sp³-hybridized carbons (Fsp3) is 0. The molecule has 1 aromatic heterocycles. The molecule has 0 atom stereocenters. The van der Waals surface area contributed by atoms with E-state index in [1.165, 1.54) is 6.20 Å². The molecule has 0 aliphatic heterocycles. The van der Waals surface area contributed by atoms with Gasteiger partial charge in [0.1, 0.15) is 11.5 Å². The second kappa shape index (κ2) is 3.10. The molecule has 56 valence electrons. The summed E-state index contributed by atoms with van der Waals surface area (Å²) in [4.78, 5) is 3.80. The maximum Gasteiger partial charge on any atom is 0.142 e. The Hall–Kier alpha value is -1.44. The number of rotatable bonds is 2. The average Bonchev–Trinajstić information content (AvgIpc) is 2.04. The highest BCUT2D eigenvalue weighted by Gasteiger charge is 2.01. The SMILES string of the molecule is C=Cc1cccnc1C(=C)F. The van der Waals surface area contributed by atoms with Gasteiger partial charge in [0.15, 0.2) is 0 Å². The minimum Gasteiger partial charge on any atom is -0.253 e. The average molecular weight is 149 g/mol. The van der Waals surface area contributed by atoms with E-state index in [1.807, 2.05) is 0 Å². The van der Waals surface area contributed by atoms with Gasteiger partial charge in [0.05, 0.1) is 0 Å². The molecule has 11 heavy (non-hydrogen) atoms. The quantitative estimate of drug-likeness (QED) is 0.630. The summed E-state index contributed by atoms with van der Waals surface area (Å²) in [7, 11) is 0. The summed E-state index contributed by atoms with van der Waals surface area (Å²) >= 11 is 0. The van der Waals surface area contributed by atoms with Gasteiger partial charge in [-0.05, 0) is 6.07 Å². The van der Waals surface area contributed by atoms with E-state index in [9.17, 15) is 4.39 Å². The molecule has 0 amide bonds. The van der Waals surface area contributed by atoms with E-state index >= 15 is 0 Å². The van der Waals surface area contributed by atoms with E-state index < -0.39 is 5.83 Å². The Balaban J connectivity index is 3.22. The summed E-state index contributed by atoms with van der Waals surface area (Å²) in [6.45, 7) is 6.68. The highest BCUT2D eigenvalue weighted by molar-refractivity contribution is 5.65. The lowest BCUT2D eigenvalue weighted by Gasteiger charge is -1.98. The van der Waals surface area contributed by atoms with Gasteiger partial charge in [-0.1, -0.05) is 25.3 Å². The summed E-state index contributed by atoms with van der Waals surface area (Å²) < 4.78 is 12.6. The summed E-state index contributed by atoms with van der Waals surface area (Å²) in [6, 6.07) is 3.46. The van der Waals surface area contributed by atoms with Crippen molar-refractivity contribution in [3.63, 3.8) is 0 Å². The molecule has 0 saturated carbocycles. The molecule has 1 rings (SSSR count). The van der Waals surface area contributed by atoms with Crippen molar-refractivity contribution in [3.05, 3.63) is 42.7 Å². The minimum atomic E-state index is -0.527. The lowest BCUT2D eigenvalue weighted by Crippen LogP contribution is -1.86. The van der Waals surface area contributed by atoms with E-state index in [2.05, 4.69) is 18.1 Å². The van der Waals surface area contributed by atoms with Crippen LogP contribution in [0.3, 0.4) is 0 Å². The maximum atomic E-state index is 12.6. The second-order valence-corrected chi connectivity index (χ2v) is 2.05. The Morgan fingerprint density at radius 3 is 2.82 bits per heavy atom. The Labute approximate surface area is 64.9 Å². The van der Waals surface area contributed by atoms with Crippen LogP contribution in [0.4, 0.5) is 4.39 Å². The first-order valence-electron chi connectivity index (χ1n) is 3.18. The Kier molecular flexibility index (Phi) is 2.16. The molecule has 0 N–H and O–H groups in total. The molecule has 0 aliphatic carbocycles. The van der Waals surface area contributed by atoms with Crippen molar-refractivity contribution in [1.29, 1.82) is 0 Å². The van der Waals surface area contributed by atoms with Crippen LogP contribution in [0.1, 0.15) is 11.3 Å². The van der Waals surface area contributed by atoms with E-state index in [-0.39, 0.29) is 5.69 Å². The van der Waals surface area contributed by atoms with Gasteiger partial charge in [0.25, 0.3) is 0 Å². The molecular formula is C9H8FN. The van der Waals surface area contributed by atoms with Gasteiger partial charge >= 0.3 is 0 Å². The molecule has 0 fully saturated rings. The van der Waals surface area contributed by atoms with Gasteiger partial charge in [-0.3, -0.25) is 4.98 Å². The molecule has 0 spiro atoms. The Morgan fingerprint density at radius 2 is 2.36 bits per heavy atom. The van der Waals surface area contributed by atoms with E-state index in [0.29, 0.717) is 5.56 Å². The predicted molar refractivity (Wildman–Crippen MR) is 44.5 cm³/mol. The van der Waals surface area contributed by atoms with Crippen molar-refractivity contribution in [1.82, 2.24) is 4.98 Å². The summed E-state index contributed by atoms with van der Waals surface area (Å²) in [5.74, 6) is -0.527. The number of nitrogens with zero attached hydrogens (tertiary/aromatic N) is 1. The van der Waals surface area contributed by atoms with Gasteiger partial charge in [0.2, 0.25) is 0 Å². The third-order valence-electron chi connectivity index (χ3n) is 1.32. The summed E-state index contributed by atoms with van der Waals surface area (Å²) in [6.07, 6.45) is 3.07. The number of hydrogen-bond acceptors (Lipinski definition) is 1. The summed E-state index contributed by atoms with van der Waals surface area (Å²) in [5, 5.41) is 0. The molecule has 1 heterocycles. The van der Waals surface area contributed by atoms with Crippen LogP contribution in [-0.2, 0) is 0 Å². The minimum absolute atomic E-state index is 0.266. The van der Waals surface area contributed by atoms with Crippen molar-refractivity contribution in [2.75, 3.05) is 0 Å². The van der Waals surface area contributed by atoms with Gasteiger partial charge in [0, 0.05) is 11.8 Å². The molecule has 2 heteroatoms. The number of halogens is 1. The molecule has 0 saturated heterocycles. The monoisotopic (exact) mass is 149 g/mol. The first-order chi connectivity index (χ1) is 5.25. The fourth-order valence-corrected chi connectivity index (χ4v) is 0.809. The van der Waals surface area contributed by atoms with Crippen LogP contribution < -0.4 is 0 Å². The van der Waals surface area contributed by atoms with Crippen LogP contribution in [0.15, 0.2) is 31.5 Å². The molecule has 0 aliphatic rings. The normalized spacial score (nSPS) is 9.18. The smallest absolute Gasteiger partial charge is 0.142 e. The van der Waals surface area contributed by atoms with Crippen molar-refractivity contribution >= 4 is 11.9 Å². The summed E-state index contributed by atoms with van der Waals surface area (Å²) in [5.41, 5.74) is 0.933. The van der Waals surface area contributed by atoms with Crippen molar-refractivity contribution < 1.29 is 4.39 Å². The molecule has 0 aromatic carbocycles. The van der Waals surface area contributed by atoms with Crippen LogP contribution in [0.25, 0.3) is 11.9 Å². The van der Waals surface area contributed by atoms with Crippen LogP contribution in [0.5, 0.6) is 0 Å². The molecule has 0 unspecified atom stereocenters. The van der Waals surface area contributed by atoms with Crippen LogP contribution >= 0.6 is 0 Å². The van der Waals surface area contributed by atoms with Crippen LogP contribution in [0, 0.1) is 0 Å². The molecule has 1 nitrogen and oxygen atoms in total. The van der Waals surface area contributed by atoms with Gasteiger partial charge < -0.3 is 0 Å². The molecule has 0 bridgehead atoms. The zero-order valence-corrected chi connectivity index (χ0v) is 6.05. The first-order valence-corrected chi connectivity index (χ1v) is 3.18. The number of pyridine rings is 1. The van der Waals surface area contributed by atoms with E-state index in [0.717, 1.165) is 0 Å². The van der Waals surface area contributed by atoms with E-state index in [1.54, 1.807) is 18.2 Å². The number of hydrogen-bond donors (Lipinski definition) is 0. The highest BCUT2D eigenvalue weighted by Crippen LogP contribution is 2.15. The predicted octanol–water partition coefficient (Wildman–Crippen LogP) is 2.66. The molecule has 0 radical (unpaired) electrons.